The van der Waals surface area contributed by atoms with Gasteiger partial charge in [0.25, 0.3) is 5.91 Å². The Kier molecular flexibility index (Phi) is 9.23. The van der Waals surface area contributed by atoms with E-state index in [1.165, 1.54) is 31.0 Å². The fraction of sp³-hybridized carbons (Fsp3) is 0.520. The highest BCUT2D eigenvalue weighted by molar-refractivity contribution is 7.99. The molecule has 2 fully saturated rings. The summed E-state index contributed by atoms with van der Waals surface area (Å²) in [6, 6.07) is 11.1. The number of hydrogen-bond donors (Lipinski definition) is 1. The van der Waals surface area contributed by atoms with Crippen LogP contribution in [0.2, 0.25) is 5.15 Å². The van der Waals surface area contributed by atoms with Gasteiger partial charge in [0.2, 0.25) is 5.91 Å². The van der Waals surface area contributed by atoms with E-state index in [4.69, 9.17) is 11.6 Å². The fourth-order valence-electron chi connectivity index (χ4n) is 4.54. The SMILES string of the molecule is CC1CN(c2cc(Cl)nc(SCC(=O)NCCN3CCCCC3)n2)CCN1C(=O)c1ccccc1. The molecule has 2 amide bonds. The molecule has 8 nitrogen and oxygen atoms in total. The van der Waals surface area contributed by atoms with Gasteiger partial charge < -0.3 is 20.0 Å². The van der Waals surface area contributed by atoms with Gasteiger partial charge in [0, 0.05) is 50.4 Å². The summed E-state index contributed by atoms with van der Waals surface area (Å²) in [5.41, 5.74) is 0.700. The van der Waals surface area contributed by atoms with E-state index in [1.54, 1.807) is 6.07 Å². The lowest BCUT2D eigenvalue weighted by Crippen LogP contribution is -2.54. The number of carbonyl (C=O) groups excluding carboxylic acids is 2. The van der Waals surface area contributed by atoms with Crippen LogP contribution in [0.15, 0.2) is 41.6 Å². The highest BCUT2D eigenvalue weighted by atomic mass is 35.5. The van der Waals surface area contributed by atoms with Crippen LogP contribution in [0.5, 0.6) is 0 Å². The number of piperidine rings is 1. The molecule has 10 heteroatoms. The van der Waals surface area contributed by atoms with E-state index >= 15 is 0 Å². The first-order chi connectivity index (χ1) is 17.0. The number of halogens is 1. The van der Waals surface area contributed by atoms with Gasteiger partial charge in [-0.1, -0.05) is 48.0 Å². The van der Waals surface area contributed by atoms with Crippen molar-refractivity contribution < 1.29 is 9.59 Å². The van der Waals surface area contributed by atoms with Gasteiger partial charge in [0.15, 0.2) is 5.16 Å². The lowest BCUT2D eigenvalue weighted by Gasteiger charge is -2.40. The van der Waals surface area contributed by atoms with Crippen molar-refractivity contribution in [2.24, 2.45) is 0 Å². The predicted octanol–water partition coefficient (Wildman–Crippen LogP) is 3.18. The number of piperazine rings is 1. The maximum Gasteiger partial charge on any atom is 0.254 e. The quantitative estimate of drug-likeness (QED) is 0.328. The zero-order valence-corrected chi connectivity index (χ0v) is 21.7. The predicted molar refractivity (Wildman–Crippen MR) is 140 cm³/mol. The van der Waals surface area contributed by atoms with E-state index in [-0.39, 0.29) is 23.6 Å². The van der Waals surface area contributed by atoms with Crippen LogP contribution < -0.4 is 10.2 Å². The Hall–Kier alpha value is -2.36. The molecule has 1 atom stereocenters. The van der Waals surface area contributed by atoms with Crippen molar-refractivity contribution in [2.45, 2.75) is 37.4 Å². The molecule has 1 aromatic heterocycles. The minimum atomic E-state index is -0.0289. The van der Waals surface area contributed by atoms with E-state index in [1.807, 2.05) is 42.2 Å². The zero-order valence-electron chi connectivity index (χ0n) is 20.2. The second-order valence-corrected chi connectivity index (χ2v) is 10.4. The van der Waals surface area contributed by atoms with E-state index in [9.17, 15) is 9.59 Å². The van der Waals surface area contributed by atoms with Crippen LogP contribution in [-0.2, 0) is 4.79 Å². The van der Waals surface area contributed by atoms with Crippen LogP contribution in [0.25, 0.3) is 0 Å². The number of carbonyl (C=O) groups is 2. The second-order valence-electron chi connectivity index (χ2n) is 9.03. The first-order valence-corrected chi connectivity index (χ1v) is 13.6. The summed E-state index contributed by atoms with van der Waals surface area (Å²) in [5, 5.41) is 3.82. The number of benzene rings is 1. The molecule has 4 rings (SSSR count). The lowest BCUT2D eigenvalue weighted by atomic mass is 10.1. The first-order valence-electron chi connectivity index (χ1n) is 12.3. The Balaban J connectivity index is 1.28. The minimum absolute atomic E-state index is 0.0204. The molecular formula is C25H33ClN6O2S. The van der Waals surface area contributed by atoms with Crippen LogP contribution in [0.4, 0.5) is 5.82 Å². The Morgan fingerprint density at radius 1 is 1.09 bits per heavy atom. The molecule has 1 unspecified atom stereocenters. The van der Waals surface area contributed by atoms with Crippen LogP contribution >= 0.6 is 23.4 Å². The molecule has 2 aliphatic rings. The summed E-state index contributed by atoms with van der Waals surface area (Å²) >= 11 is 7.57. The third-order valence-corrected chi connectivity index (χ3v) is 7.47. The van der Waals surface area contributed by atoms with Gasteiger partial charge in [-0.2, -0.15) is 0 Å². The van der Waals surface area contributed by atoms with Crippen molar-refractivity contribution in [3.63, 3.8) is 0 Å². The number of nitrogens with one attached hydrogen (secondary N) is 1. The van der Waals surface area contributed by atoms with E-state index in [2.05, 4.69) is 25.1 Å². The fourth-order valence-corrected chi connectivity index (χ4v) is 5.45. The number of aromatic nitrogens is 2. The van der Waals surface area contributed by atoms with Gasteiger partial charge in [-0.25, -0.2) is 9.97 Å². The van der Waals surface area contributed by atoms with Crippen LogP contribution in [0.1, 0.15) is 36.5 Å². The van der Waals surface area contributed by atoms with Gasteiger partial charge >= 0.3 is 0 Å². The molecule has 188 valence electrons. The van der Waals surface area contributed by atoms with Crippen LogP contribution in [0.3, 0.4) is 0 Å². The van der Waals surface area contributed by atoms with Crippen molar-refractivity contribution >= 4 is 41.0 Å². The van der Waals surface area contributed by atoms with E-state index in [0.717, 1.165) is 25.5 Å². The van der Waals surface area contributed by atoms with Gasteiger partial charge in [-0.3, -0.25) is 9.59 Å². The highest BCUT2D eigenvalue weighted by Crippen LogP contribution is 2.24. The van der Waals surface area contributed by atoms with Crippen molar-refractivity contribution in [3.05, 3.63) is 47.1 Å². The molecule has 0 aliphatic carbocycles. The third kappa shape index (κ3) is 7.32. The number of hydrogen-bond acceptors (Lipinski definition) is 7. The largest absolute Gasteiger partial charge is 0.354 e. The van der Waals surface area contributed by atoms with Crippen LogP contribution in [-0.4, -0.2) is 89.2 Å². The standard InChI is InChI=1S/C25H33ClN6O2S/c1-19-17-31(14-15-32(19)24(34)20-8-4-2-5-9-20)22-16-21(26)28-25(29-22)35-18-23(33)27-10-13-30-11-6-3-7-12-30/h2,4-5,8-9,16,19H,3,6-7,10-15,17-18H2,1H3,(H,27,33). The molecular weight excluding hydrogens is 484 g/mol. The van der Waals surface area contributed by atoms with Crippen LogP contribution in [0, 0.1) is 0 Å². The molecule has 2 aromatic rings. The normalized spacial score (nSPS) is 19.0. The molecule has 1 aromatic carbocycles. The van der Waals surface area contributed by atoms with Gasteiger partial charge in [-0.05, 0) is 45.0 Å². The summed E-state index contributed by atoms with van der Waals surface area (Å²) in [7, 11) is 0. The Bertz CT molecular complexity index is 1000. The number of thioether (sulfide) groups is 1. The molecule has 0 spiro atoms. The maximum absolute atomic E-state index is 12.9. The molecule has 2 aliphatic heterocycles. The number of anilines is 1. The molecule has 1 N–H and O–H groups in total. The summed E-state index contributed by atoms with van der Waals surface area (Å²) in [6.45, 7) is 7.73. The smallest absolute Gasteiger partial charge is 0.254 e. The van der Waals surface area contributed by atoms with Crippen molar-refractivity contribution in [2.75, 3.05) is 56.5 Å². The van der Waals surface area contributed by atoms with Gasteiger partial charge in [-0.15, -0.1) is 0 Å². The minimum Gasteiger partial charge on any atom is -0.354 e. The van der Waals surface area contributed by atoms with E-state index < -0.39 is 0 Å². The van der Waals surface area contributed by atoms with Crippen molar-refractivity contribution in [1.29, 1.82) is 0 Å². The lowest BCUT2D eigenvalue weighted by molar-refractivity contribution is -0.118. The zero-order chi connectivity index (χ0) is 24.6. The first kappa shape index (κ1) is 25.7. The molecule has 0 saturated carbocycles. The number of nitrogens with zero attached hydrogens (tertiary/aromatic N) is 5. The molecule has 2 saturated heterocycles. The second kappa shape index (κ2) is 12.6. The molecule has 0 bridgehead atoms. The Morgan fingerprint density at radius 3 is 2.60 bits per heavy atom. The van der Waals surface area contributed by atoms with Gasteiger partial charge in [0.1, 0.15) is 11.0 Å². The monoisotopic (exact) mass is 516 g/mol. The molecule has 35 heavy (non-hydrogen) atoms. The van der Waals surface area contributed by atoms with Crippen molar-refractivity contribution in [3.8, 4) is 0 Å². The van der Waals surface area contributed by atoms with Gasteiger partial charge in [0.05, 0.1) is 5.75 Å². The highest BCUT2D eigenvalue weighted by Gasteiger charge is 2.29. The van der Waals surface area contributed by atoms with E-state index in [0.29, 0.717) is 42.1 Å². The topological polar surface area (TPSA) is 81.7 Å². The number of amides is 2. The summed E-state index contributed by atoms with van der Waals surface area (Å²) in [6.07, 6.45) is 3.80. The molecule has 3 heterocycles. The number of rotatable bonds is 8. The number of likely N-dealkylation sites (tertiary alicyclic amines) is 1. The average Bonchev–Trinajstić information content (AvgIpc) is 2.88. The Morgan fingerprint density at radius 2 is 1.86 bits per heavy atom. The average molecular weight is 517 g/mol. The van der Waals surface area contributed by atoms with Crippen molar-refractivity contribution in [1.82, 2.24) is 25.1 Å². The molecule has 0 radical (unpaired) electrons. The summed E-state index contributed by atoms with van der Waals surface area (Å²) in [4.78, 5) is 40.6. The third-order valence-electron chi connectivity index (χ3n) is 6.43. The Labute approximate surface area is 216 Å². The summed E-state index contributed by atoms with van der Waals surface area (Å²) in [5.74, 6) is 0.978. The maximum atomic E-state index is 12.9. The summed E-state index contributed by atoms with van der Waals surface area (Å²) < 4.78 is 0.